The number of aryl methyl sites for hydroxylation is 1. The van der Waals surface area contributed by atoms with Crippen LogP contribution in [0.25, 0.3) is 10.8 Å². The van der Waals surface area contributed by atoms with Crippen LogP contribution in [0.5, 0.6) is 0 Å². The van der Waals surface area contributed by atoms with Gasteiger partial charge in [-0.2, -0.15) is 0 Å². The Labute approximate surface area is 132 Å². The number of carbonyl (C=O) groups is 2. The molecule has 7 heteroatoms. The molecule has 0 radical (unpaired) electrons. The molecule has 0 unspecified atom stereocenters. The minimum absolute atomic E-state index is 0.0496. The van der Waals surface area contributed by atoms with Crippen molar-refractivity contribution in [2.45, 2.75) is 26.7 Å². The monoisotopic (exact) mass is 322 g/mol. The lowest BCUT2D eigenvalue weighted by Crippen LogP contribution is -2.37. The molecule has 6 nitrogen and oxygen atoms in total. The van der Waals surface area contributed by atoms with Gasteiger partial charge in [-0.25, -0.2) is 4.98 Å². The fourth-order valence-electron chi connectivity index (χ4n) is 2.08. The van der Waals surface area contributed by atoms with E-state index >= 15 is 0 Å². The molecule has 0 aliphatic carbocycles. The lowest BCUT2D eigenvalue weighted by molar-refractivity contribution is -0.144. The molecule has 1 N–H and O–H groups in total. The number of nitrogens with zero attached hydrogens (tertiary/aromatic N) is 2. The van der Waals surface area contributed by atoms with E-state index in [0.29, 0.717) is 30.3 Å². The Bertz CT molecular complexity index is 649. The molecule has 2 heterocycles. The molecule has 0 atom stereocenters. The number of amides is 1. The van der Waals surface area contributed by atoms with Gasteiger partial charge >= 0.3 is 5.97 Å². The highest BCUT2D eigenvalue weighted by Crippen LogP contribution is 2.26. The summed E-state index contributed by atoms with van der Waals surface area (Å²) in [6, 6.07) is 3.80. The van der Waals surface area contributed by atoms with E-state index in [9.17, 15) is 9.59 Å². The van der Waals surface area contributed by atoms with E-state index in [0.717, 1.165) is 4.88 Å². The zero-order valence-electron chi connectivity index (χ0n) is 12.5. The summed E-state index contributed by atoms with van der Waals surface area (Å²) in [4.78, 5) is 29.7. The molecule has 0 aromatic carbocycles. The summed E-state index contributed by atoms with van der Waals surface area (Å²) in [7, 11) is 0. The number of hydrogen-bond acceptors (Lipinski definition) is 5. The molecule has 1 amide bonds. The van der Waals surface area contributed by atoms with Crippen molar-refractivity contribution < 1.29 is 19.1 Å². The largest absolute Gasteiger partial charge is 0.480 e. The lowest BCUT2D eigenvalue weighted by Gasteiger charge is -2.19. The third-order valence-electron chi connectivity index (χ3n) is 3.12. The van der Waals surface area contributed by atoms with Crippen LogP contribution in [0, 0.1) is 6.92 Å². The second-order valence-electron chi connectivity index (χ2n) is 4.89. The van der Waals surface area contributed by atoms with Gasteiger partial charge in [-0.05, 0) is 24.8 Å². The number of oxazole rings is 1. The van der Waals surface area contributed by atoms with E-state index in [4.69, 9.17) is 9.52 Å². The molecule has 0 saturated heterocycles. The van der Waals surface area contributed by atoms with Gasteiger partial charge in [0.2, 0.25) is 11.8 Å². The van der Waals surface area contributed by atoms with E-state index in [2.05, 4.69) is 4.98 Å². The van der Waals surface area contributed by atoms with Crippen molar-refractivity contribution in [3.8, 4) is 10.8 Å². The molecule has 0 aliphatic rings. The van der Waals surface area contributed by atoms with E-state index in [1.54, 1.807) is 6.92 Å². The zero-order chi connectivity index (χ0) is 16.1. The Hall–Kier alpha value is -2.15. The van der Waals surface area contributed by atoms with Crippen LogP contribution in [-0.4, -0.2) is 40.0 Å². The normalized spacial score (nSPS) is 10.6. The number of rotatable bonds is 7. The summed E-state index contributed by atoms with van der Waals surface area (Å²) in [6.07, 6.45) is 0.755. The van der Waals surface area contributed by atoms with Crippen molar-refractivity contribution in [3.63, 3.8) is 0 Å². The van der Waals surface area contributed by atoms with Gasteiger partial charge < -0.3 is 14.4 Å². The first-order valence-corrected chi connectivity index (χ1v) is 7.89. The highest BCUT2D eigenvalue weighted by atomic mass is 32.1. The van der Waals surface area contributed by atoms with Crippen LogP contribution in [-0.2, 0) is 16.0 Å². The third kappa shape index (κ3) is 3.94. The average molecular weight is 322 g/mol. The van der Waals surface area contributed by atoms with Crippen molar-refractivity contribution in [1.82, 2.24) is 9.88 Å². The van der Waals surface area contributed by atoms with Crippen LogP contribution in [0.2, 0.25) is 0 Å². The number of aromatic nitrogens is 1. The van der Waals surface area contributed by atoms with Gasteiger partial charge in [-0.3, -0.25) is 9.59 Å². The van der Waals surface area contributed by atoms with Gasteiger partial charge in [-0.1, -0.05) is 13.0 Å². The first-order chi connectivity index (χ1) is 10.5. The van der Waals surface area contributed by atoms with Crippen LogP contribution in [0.4, 0.5) is 0 Å². The minimum Gasteiger partial charge on any atom is -0.480 e. The molecule has 0 saturated carbocycles. The highest BCUT2D eigenvalue weighted by Gasteiger charge is 2.20. The van der Waals surface area contributed by atoms with E-state index in [1.165, 1.54) is 16.2 Å². The van der Waals surface area contributed by atoms with Gasteiger partial charge in [0.1, 0.15) is 12.3 Å². The number of carboxylic acids is 1. The minimum atomic E-state index is -1.02. The molecular formula is C15H18N2O4S. The number of carboxylic acid groups (broad SMARTS) is 1. The van der Waals surface area contributed by atoms with Crippen molar-refractivity contribution in [2.75, 3.05) is 13.1 Å². The SMILES string of the molecule is CCCN(CC(=O)O)C(=O)Cc1nc(-c2cccs2)oc1C. The molecule has 0 spiro atoms. The predicted molar refractivity (Wildman–Crippen MR) is 82.8 cm³/mol. The summed E-state index contributed by atoms with van der Waals surface area (Å²) < 4.78 is 5.59. The highest BCUT2D eigenvalue weighted by molar-refractivity contribution is 7.13. The van der Waals surface area contributed by atoms with Crippen molar-refractivity contribution >= 4 is 23.2 Å². The Morgan fingerprint density at radius 1 is 1.45 bits per heavy atom. The Morgan fingerprint density at radius 3 is 2.82 bits per heavy atom. The van der Waals surface area contributed by atoms with Crippen molar-refractivity contribution in [1.29, 1.82) is 0 Å². The maximum atomic E-state index is 12.3. The van der Waals surface area contributed by atoms with Gasteiger partial charge in [-0.15, -0.1) is 11.3 Å². The number of thiophene rings is 1. The number of hydrogen-bond donors (Lipinski definition) is 1. The summed E-state index contributed by atoms with van der Waals surface area (Å²) in [6.45, 7) is 3.79. The smallest absolute Gasteiger partial charge is 0.323 e. The predicted octanol–water partition coefficient (Wildman–Crippen LogP) is 2.58. The van der Waals surface area contributed by atoms with Crippen LogP contribution in [0.15, 0.2) is 21.9 Å². The number of carbonyl (C=O) groups excluding carboxylic acids is 1. The van der Waals surface area contributed by atoms with Crippen LogP contribution < -0.4 is 0 Å². The first kappa shape index (κ1) is 16.2. The second kappa shape index (κ2) is 7.22. The Kier molecular flexibility index (Phi) is 5.32. The van der Waals surface area contributed by atoms with Gasteiger partial charge in [0.25, 0.3) is 0 Å². The summed E-state index contributed by atoms with van der Waals surface area (Å²) in [5.41, 5.74) is 0.555. The van der Waals surface area contributed by atoms with Crippen molar-refractivity contribution in [3.05, 3.63) is 29.0 Å². The maximum Gasteiger partial charge on any atom is 0.323 e. The van der Waals surface area contributed by atoms with E-state index < -0.39 is 5.97 Å². The summed E-state index contributed by atoms with van der Waals surface area (Å²) in [5, 5.41) is 10.8. The third-order valence-corrected chi connectivity index (χ3v) is 3.97. The standard InChI is InChI=1S/C15H18N2O4S/c1-3-6-17(9-14(19)20)13(18)8-11-10(2)21-15(16-11)12-5-4-7-22-12/h4-5,7H,3,6,8-9H2,1-2H3,(H,19,20). The molecule has 2 rings (SSSR count). The average Bonchev–Trinajstić information content (AvgIpc) is 3.08. The van der Waals surface area contributed by atoms with Crippen molar-refractivity contribution in [2.24, 2.45) is 0 Å². The fourth-order valence-corrected chi connectivity index (χ4v) is 2.73. The van der Waals surface area contributed by atoms with Gasteiger partial charge in [0.05, 0.1) is 17.0 Å². The molecule has 22 heavy (non-hydrogen) atoms. The summed E-state index contributed by atoms with van der Waals surface area (Å²) >= 11 is 1.51. The van der Waals surface area contributed by atoms with Crippen LogP contribution >= 0.6 is 11.3 Å². The first-order valence-electron chi connectivity index (χ1n) is 7.01. The molecule has 0 bridgehead atoms. The van der Waals surface area contributed by atoms with E-state index in [1.807, 2.05) is 24.4 Å². The topological polar surface area (TPSA) is 83.6 Å². The van der Waals surface area contributed by atoms with Gasteiger partial charge in [0, 0.05) is 6.54 Å². The Morgan fingerprint density at radius 2 is 2.23 bits per heavy atom. The van der Waals surface area contributed by atoms with E-state index in [-0.39, 0.29) is 18.9 Å². The quantitative estimate of drug-likeness (QED) is 0.847. The molecule has 2 aromatic heterocycles. The Balaban J connectivity index is 2.12. The summed E-state index contributed by atoms with van der Waals surface area (Å²) in [5.74, 6) is -0.185. The van der Waals surface area contributed by atoms with Crippen LogP contribution in [0.3, 0.4) is 0 Å². The molecule has 0 aliphatic heterocycles. The molecule has 0 fully saturated rings. The molecular weight excluding hydrogens is 304 g/mol. The fraction of sp³-hybridized carbons (Fsp3) is 0.400. The van der Waals surface area contributed by atoms with Crippen LogP contribution in [0.1, 0.15) is 24.8 Å². The zero-order valence-corrected chi connectivity index (χ0v) is 13.4. The maximum absolute atomic E-state index is 12.3. The number of aliphatic carboxylic acids is 1. The molecule has 118 valence electrons. The lowest BCUT2D eigenvalue weighted by atomic mass is 10.2. The van der Waals surface area contributed by atoms with Gasteiger partial charge in [0.15, 0.2) is 0 Å². The molecule has 2 aromatic rings. The second-order valence-corrected chi connectivity index (χ2v) is 5.83.